The van der Waals surface area contributed by atoms with Crippen LogP contribution >= 0.6 is 0 Å². The number of hydrogen-bond acceptors (Lipinski definition) is 4. The van der Waals surface area contributed by atoms with E-state index >= 15 is 0 Å². The third-order valence-corrected chi connectivity index (χ3v) is 4.29. The maximum atomic E-state index is 12.0. The molecule has 1 aromatic carbocycles. The van der Waals surface area contributed by atoms with Crippen LogP contribution in [0.1, 0.15) is 49.9 Å². The smallest absolute Gasteiger partial charge is 0.338 e. The second-order valence-electron chi connectivity index (χ2n) is 6.09. The predicted octanol–water partition coefficient (Wildman–Crippen LogP) is 2.50. The van der Waals surface area contributed by atoms with Crippen molar-refractivity contribution >= 4 is 23.5 Å². The first-order chi connectivity index (χ1) is 11.5. The van der Waals surface area contributed by atoms with E-state index in [0.29, 0.717) is 23.8 Å². The highest BCUT2D eigenvalue weighted by atomic mass is 16.5. The van der Waals surface area contributed by atoms with Crippen molar-refractivity contribution < 1.29 is 19.1 Å². The summed E-state index contributed by atoms with van der Waals surface area (Å²) in [5, 5.41) is 5.35. The Balaban J connectivity index is 1.89. The van der Waals surface area contributed by atoms with Gasteiger partial charge in [-0.3, -0.25) is 9.59 Å². The second-order valence-corrected chi connectivity index (χ2v) is 6.09. The summed E-state index contributed by atoms with van der Waals surface area (Å²) < 4.78 is 4.89. The van der Waals surface area contributed by atoms with E-state index in [-0.39, 0.29) is 6.04 Å². The Morgan fingerprint density at radius 1 is 1.08 bits per heavy atom. The number of esters is 1. The molecule has 0 aliphatic heterocycles. The predicted molar refractivity (Wildman–Crippen MR) is 90.6 cm³/mol. The summed E-state index contributed by atoms with van der Waals surface area (Å²) in [6, 6.07) is 6.30. The van der Waals surface area contributed by atoms with Gasteiger partial charge in [-0.2, -0.15) is 0 Å². The zero-order chi connectivity index (χ0) is 17.5. The van der Waals surface area contributed by atoms with Gasteiger partial charge in [0, 0.05) is 11.7 Å². The first kappa shape index (κ1) is 18.0. The fraction of sp³-hybridized carbons (Fsp3) is 0.500. The van der Waals surface area contributed by atoms with E-state index in [0.717, 1.165) is 19.3 Å². The third-order valence-electron chi connectivity index (χ3n) is 4.29. The van der Waals surface area contributed by atoms with Gasteiger partial charge in [0.15, 0.2) is 0 Å². The molecular formula is C18H24N2O4. The second kappa shape index (κ2) is 8.47. The Kier molecular flexibility index (Phi) is 6.35. The molecule has 2 unspecified atom stereocenters. The maximum Gasteiger partial charge on any atom is 0.338 e. The van der Waals surface area contributed by atoms with Crippen molar-refractivity contribution in [2.45, 2.75) is 45.6 Å². The number of carbonyl (C=O) groups is 3. The molecule has 2 N–H and O–H groups in total. The molecule has 24 heavy (non-hydrogen) atoms. The van der Waals surface area contributed by atoms with Gasteiger partial charge in [0.1, 0.15) is 0 Å². The van der Waals surface area contributed by atoms with Gasteiger partial charge in [0.05, 0.1) is 12.2 Å². The number of benzene rings is 1. The minimum absolute atomic E-state index is 0.0585. The molecule has 1 aliphatic carbocycles. The minimum Gasteiger partial charge on any atom is -0.462 e. The fourth-order valence-corrected chi connectivity index (χ4v) is 2.86. The molecule has 0 spiro atoms. The van der Waals surface area contributed by atoms with E-state index in [1.54, 1.807) is 31.2 Å². The van der Waals surface area contributed by atoms with Crippen molar-refractivity contribution in [2.75, 3.05) is 11.9 Å². The van der Waals surface area contributed by atoms with Gasteiger partial charge in [0.2, 0.25) is 0 Å². The molecular weight excluding hydrogens is 308 g/mol. The van der Waals surface area contributed by atoms with Crippen LogP contribution in [0.15, 0.2) is 24.3 Å². The van der Waals surface area contributed by atoms with Crippen molar-refractivity contribution in [3.8, 4) is 0 Å². The lowest BCUT2D eigenvalue weighted by atomic mass is 9.86. The van der Waals surface area contributed by atoms with Crippen molar-refractivity contribution in [1.29, 1.82) is 0 Å². The fourth-order valence-electron chi connectivity index (χ4n) is 2.86. The van der Waals surface area contributed by atoms with E-state index in [1.165, 1.54) is 6.42 Å². The molecule has 1 aliphatic rings. The van der Waals surface area contributed by atoms with E-state index < -0.39 is 17.8 Å². The maximum absolute atomic E-state index is 12.0. The van der Waals surface area contributed by atoms with E-state index in [4.69, 9.17) is 4.74 Å². The summed E-state index contributed by atoms with van der Waals surface area (Å²) >= 11 is 0. The number of hydrogen-bond donors (Lipinski definition) is 2. The van der Waals surface area contributed by atoms with Crippen LogP contribution in [0, 0.1) is 5.92 Å². The van der Waals surface area contributed by atoms with Crippen LogP contribution in [-0.4, -0.2) is 30.4 Å². The zero-order valence-corrected chi connectivity index (χ0v) is 14.1. The van der Waals surface area contributed by atoms with Gasteiger partial charge in [-0.25, -0.2) is 4.79 Å². The van der Waals surface area contributed by atoms with E-state index in [1.807, 2.05) is 0 Å². The normalized spacial score (nSPS) is 20.1. The lowest BCUT2D eigenvalue weighted by molar-refractivity contribution is -0.137. The molecule has 0 radical (unpaired) electrons. The van der Waals surface area contributed by atoms with Crippen LogP contribution < -0.4 is 10.6 Å². The third kappa shape index (κ3) is 4.81. The molecule has 130 valence electrons. The van der Waals surface area contributed by atoms with Crippen LogP contribution in [0.4, 0.5) is 5.69 Å². The summed E-state index contributed by atoms with van der Waals surface area (Å²) in [7, 11) is 0. The van der Waals surface area contributed by atoms with Crippen LogP contribution in [0.2, 0.25) is 0 Å². The molecule has 0 aromatic heterocycles. The SMILES string of the molecule is CCOC(=O)c1ccc(NC(=O)C(=O)NC2CCCCC2C)cc1. The van der Waals surface area contributed by atoms with Crippen LogP contribution in [0.3, 0.4) is 0 Å². The highest BCUT2D eigenvalue weighted by Gasteiger charge is 2.25. The molecule has 0 bridgehead atoms. The summed E-state index contributed by atoms with van der Waals surface area (Å²) in [6.07, 6.45) is 4.23. The average Bonchev–Trinajstić information content (AvgIpc) is 2.57. The Labute approximate surface area is 142 Å². The monoisotopic (exact) mass is 332 g/mol. The molecule has 1 fully saturated rings. The quantitative estimate of drug-likeness (QED) is 0.655. The highest BCUT2D eigenvalue weighted by molar-refractivity contribution is 6.39. The topological polar surface area (TPSA) is 84.5 Å². The van der Waals surface area contributed by atoms with E-state index in [2.05, 4.69) is 17.6 Å². The minimum atomic E-state index is -0.698. The zero-order valence-electron chi connectivity index (χ0n) is 14.1. The molecule has 1 saturated carbocycles. The molecule has 6 heteroatoms. The number of carbonyl (C=O) groups excluding carboxylic acids is 3. The van der Waals surface area contributed by atoms with Crippen molar-refractivity contribution in [2.24, 2.45) is 5.92 Å². The van der Waals surface area contributed by atoms with E-state index in [9.17, 15) is 14.4 Å². The lowest BCUT2D eigenvalue weighted by Crippen LogP contribution is -2.45. The molecule has 2 amide bonds. The average molecular weight is 332 g/mol. The van der Waals surface area contributed by atoms with Crippen molar-refractivity contribution in [3.63, 3.8) is 0 Å². The van der Waals surface area contributed by atoms with Crippen LogP contribution in [0.25, 0.3) is 0 Å². The first-order valence-electron chi connectivity index (χ1n) is 8.40. The molecule has 2 rings (SSSR count). The number of amides is 2. The number of ether oxygens (including phenoxy) is 1. The van der Waals surface area contributed by atoms with Gasteiger partial charge < -0.3 is 15.4 Å². The molecule has 0 heterocycles. The number of nitrogens with one attached hydrogen (secondary N) is 2. The number of rotatable bonds is 4. The summed E-state index contributed by atoms with van der Waals surface area (Å²) in [4.78, 5) is 35.6. The molecule has 2 atom stereocenters. The lowest BCUT2D eigenvalue weighted by Gasteiger charge is -2.29. The van der Waals surface area contributed by atoms with Gasteiger partial charge >= 0.3 is 17.8 Å². The Morgan fingerprint density at radius 2 is 1.75 bits per heavy atom. The van der Waals surface area contributed by atoms with Gasteiger partial charge in [-0.1, -0.05) is 19.8 Å². The summed E-state index contributed by atoms with van der Waals surface area (Å²) in [5.41, 5.74) is 0.857. The first-order valence-corrected chi connectivity index (χ1v) is 8.40. The largest absolute Gasteiger partial charge is 0.462 e. The Hall–Kier alpha value is -2.37. The van der Waals surface area contributed by atoms with Crippen LogP contribution in [-0.2, 0) is 14.3 Å². The Morgan fingerprint density at radius 3 is 2.38 bits per heavy atom. The Bertz CT molecular complexity index is 598. The van der Waals surface area contributed by atoms with Crippen LogP contribution in [0.5, 0.6) is 0 Å². The highest BCUT2D eigenvalue weighted by Crippen LogP contribution is 2.23. The molecule has 0 saturated heterocycles. The van der Waals surface area contributed by atoms with Gasteiger partial charge in [-0.05, 0) is 49.9 Å². The number of anilines is 1. The standard InChI is InChI=1S/C18H24N2O4/c1-3-24-18(23)13-8-10-14(11-9-13)19-16(21)17(22)20-15-7-5-4-6-12(15)2/h8-12,15H,3-7H2,1-2H3,(H,19,21)(H,20,22). The molecule has 1 aromatic rings. The van der Waals surface area contributed by atoms with Gasteiger partial charge in [0.25, 0.3) is 0 Å². The molecule has 6 nitrogen and oxygen atoms in total. The van der Waals surface area contributed by atoms with Gasteiger partial charge in [-0.15, -0.1) is 0 Å². The summed E-state index contributed by atoms with van der Waals surface area (Å²) in [6.45, 7) is 4.13. The van der Waals surface area contributed by atoms with Crippen molar-refractivity contribution in [1.82, 2.24) is 5.32 Å². The summed E-state index contributed by atoms with van der Waals surface area (Å²) in [5.74, 6) is -1.35. The van der Waals surface area contributed by atoms with Crippen molar-refractivity contribution in [3.05, 3.63) is 29.8 Å².